The lowest BCUT2D eigenvalue weighted by molar-refractivity contribution is -0.134. The summed E-state index contributed by atoms with van der Waals surface area (Å²) in [4.78, 5) is 3.55. The minimum absolute atomic E-state index is 0.135. The van der Waals surface area contributed by atoms with E-state index in [0.29, 0.717) is 0 Å². The van der Waals surface area contributed by atoms with Gasteiger partial charge in [-0.15, -0.1) is 0 Å². The molecule has 11 heavy (non-hydrogen) atoms. The second-order valence-electron chi connectivity index (χ2n) is 2.05. The molecule has 0 saturated carbocycles. The average molecular weight is 165 g/mol. The van der Waals surface area contributed by atoms with Gasteiger partial charge in [0.2, 0.25) is 0 Å². The van der Waals surface area contributed by atoms with Gasteiger partial charge in [0.15, 0.2) is 0 Å². The van der Waals surface area contributed by atoms with Crippen LogP contribution >= 0.6 is 0 Å². The highest BCUT2D eigenvalue weighted by atomic mass is 19.4. The van der Waals surface area contributed by atoms with E-state index in [-0.39, 0.29) is 12.2 Å². The molecule has 0 amide bonds. The average Bonchev–Trinajstić information content (AvgIpc) is 2.32. The van der Waals surface area contributed by atoms with Gasteiger partial charge in [0, 0.05) is 6.42 Å². The number of nitrogens with one attached hydrogen (secondary N) is 1. The maximum Gasteiger partial charge on any atom is 0.389 e. The Morgan fingerprint density at radius 2 is 2.18 bits per heavy atom. The van der Waals surface area contributed by atoms with Gasteiger partial charge in [-0.25, -0.2) is 4.98 Å². The predicted octanol–water partition coefficient (Wildman–Crippen LogP) is 1.30. The summed E-state index contributed by atoms with van der Waals surface area (Å²) in [6.45, 7) is 0. The molecule has 1 rings (SSSR count). The molecule has 0 bridgehead atoms. The molecule has 1 aromatic rings. The molecule has 6 heteroatoms. The van der Waals surface area contributed by atoms with Crippen LogP contribution in [0.1, 0.15) is 12.2 Å². The summed E-state index contributed by atoms with van der Waals surface area (Å²) in [5.74, 6) is 0.266. The van der Waals surface area contributed by atoms with Gasteiger partial charge in [-0.2, -0.15) is 18.3 Å². The van der Waals surface area contributed by atoms with E-state index in [1.807, 2.05) is 0 Å². The zero-order valence-corrected chi connectivity index (χ0v) is 5.52. The third kappa shape index (κ3) is 3.01. The van der Waals surface area contributed by atoms with Crippen molar-refractivity contribution in [1.82, 2.24) is 15.2 Å². The summed E-state index contributed by atoms with van der Waals surface area (Å²) < 4.78 is 34.8. The fourth-order valence-corrected chi connectivity index (χ4v) is 0.611. The zero-order valence-electron chi connectivity index (χ0n) is 5.52. The second kappa shape index (κ2) is 2.89. The first-order valence-corrected chi connectivity index (χ1v) is 2.99. The molecule has 0 aliphatic heterocycles. The van der Waals surface area contributed by atoms with Crippen molar-refractivity contribution in [2.75, 3.05) is 0 Å². The van der Waals surface area contributed by atoms with Crippen molar-refractivity contribution < 1.29 is 13.2 Å². The van der Waals surface area contributed by atoms with Crippen molar-refractivity contribution in [1.29, 1.82) is 0 Å². The standard InChI is InChI=1S/C5H6F3N3/c6-5(7,8)2-1-4-9-3-10-11-4/h3H,1-2H2,(H,9,10,11). The predicted molar refractivity (Wildman–Crippen MR) is 30.8 cm³/mol. The Morgan fingerprint density at radius 1 is 1.45 bits per heavy atom. The summed E-state index contributed by atoms with van der Waals surface area (Å²) in [5.41, 5.74) is 0. The van der Waals surface area contributed by atoms with Gasteiger partial charge >= 0.3 is 6.18 Å². The van der Waals surface area contributed by atoms with Crippen molar-refractivity contribution in [2.24, 2.45) is 0 Å². The number of hydrogen-bond acceptors (Lipinski definition) is 2. The van der Waals surface area contributed by atoms with Crippen LogP contribution in [0.3, 0.4) is 0 Å². The minimum Gasteiger partial charge on any atom is -0.263 e. The van der Waals surface area contributed by atoms with Crippen LogP contribution in [0.25, 0.3) is 0 Å². The zero-order chi connectivity index (χ0) is 8.32. The van der Waals surface area contributed by atoms with E-state index in [2.05, 4.69) is 15.2 Å². The number of H-pyrrole nitrogens is 1. The van der Waals surface area contributed by atoms with Gasteiger partial charge in [0.05, 0.1) is 6.42 Å². The Labute approximate surface area is 60.6 Å². The lowest BCUT2D eigenvalue weighted by Gasteiger charge is -2.02. The van der Waals surface area contributed by atoms with E-state index < -0.39 is 12.6 Å². The van der Waals surface area contributed by atoms with Crippen molar-refractivity contribution in [3.63, 3.8) is 0 Å². The molecular formula is C5H6F3N3. The number of nitrogens with zero attached hydrogens (tertiary/aromatic N) is 2. The first kappa shape index (κ1) is 8.03. The summed E-state index contributed by atoms with van der Waals surface area (Å²) in [6.07, 6.45) is -3.93. The highest BCUT2D eigenvalue weighted by molar-refractivity contribution is 4.80. The highest BCUT2D eigenvalue weighted by Gasteiger charge is 2.26. The number of hydrogen-bond donors (Lipinski definition) is 1. The highest BCUT2D eigenvalue weighted by Crippen LogP contribution is 2.20. The molecule has 0 unspecified atom stereocenters. The van der Waals surface area contributed by atoms with E-state index in [9.17, 15) is 13.2 Å². The first-order chi connectivity index (χ1) is 5.08. The third-order valence-electron chi connectivity index (χ3n) is 1.11. The quantitative estimate of drug-likeness (QED) is 0.717. The molecule has 0 spiro atoms. The van der Waals surface area contributed by atoms with Crippen LogP contribution in [-0.2, 0) is 6.42 Å². The Kier molecular flexibility index (Phi) is 2.11. The maximum atomic E-state index is 11.6. The van der Waals surface area contributed by atoms with E-state index >= 15 is 0 Å². The number of halogens is 3. The van der Waals surface area contributed by atoms with Crippen molar-refractivity contribution >= 4 is 0 Å². The molecule has 3 nitrogen and oxygen atoms in total. The van der Waals surface area contributed by atoms with Gasteiger partial charge < -0.3 is 0 Å². The first-order valence-electron chi connectivity index (χ1n) is 2.99. The number of rotatable bonds is 2. The van der Waals surface area contributed by atoms with Crippen LogP contribution in [0.2, 0.25) is 0 Å². The SMILES string of the molecule is FC(F)(F)CCc1ncn[nH]1. The monoisotopic (exact) mass is 165 g/mol. The Hall–Kier alpha value is -1.07. The Morgan fingerprint density at radius 3 is 2.64 bits per heavy atom. The Balaban J connectivity index is 2.35. The number of aromatic amines is 1. The van der Waals surface area contributed by atoms with E-state index in [1.165, 1.54) is 6.33 Å². The van der Waals surface area contributed by atoms with E-state index in [4.69, 9.17) is 0 Å². The van der Waals surface area contributed by atoms with Gasteiger partial charge in [0.1, 0.15) is 12.2 Å². The molecular weight excluding hydrogens is 159 g/mol. The summed E-state index contributed by atoms with van der Waals surface area (Å²) in [7, 11) is 0. The van der Waals surface area contributed by atoms with Crippen LogP contribution < -0.4 is 0 Å². The van der Waals surface area contributed by atoms with E-state index in [1.54, 1.807) is 0 Å². The minimum atomic E-state index is -4.12. The summed E-state index contributed by atoms with van der Waals surface area (Å²) in [6, 6.07) is 0. The molecule has 1 N–H and O–H groups in total. The molecule has 1 aromatic heterocycles. The molecule has 0 aliphatic rings. The molecule has 0 saturated heterocycles. The van der Waals surface area contributed by atoms with Crippen molar-refractivity contribution in [2.45, 2.75) is 19.0 Å². The molecule has 0 aromatic carbocycles. The maximum absolute atomic E-state index is 11.6. The molecule has 62 valence electrons. The van der Waals surface area contributed by atoms with Crippen molar-refractivity contribution in [3.8, 4) is 0 Å². The molecule has 0 atom stereocenters. The third-order valence-corrected chi connectivity index (χ3v) is 1.11. The van der Waals surface area contributed by atoms with E-state index in [0.717, 1.165) is 0 Å². The molecule has 1 heterocycles. The van der Waals surface area contributed by atoms with Crippen LogP contribution in [0.15, 0.2) is 6.33 Å². The molecule has 0 fully saturated rings. The smallest absolute Gasteiger partial charge is 0.263 e. The fraction of sp³-hybridized carbons (Fsp3) is 0.600. The normalized spacial score (nSPS) is 11.9. The lowest BCUT2D eigenvalue weighted by atomic mass is 10.3. The van der Waals surface area contributed by atoms with Crippen molar-refractivity contribution in [3.05, 3.63) is 12.2 Å². The van der Waals surface area contributed by atoms with Gasteiger partial charge in [0.25, 0.3) is 0 Å². The molecule has 0 aliphatic carbocycles. The summed E-state index contributed by atoms with van der Waals surface area (Å²) in [5, 5.41) is 5.77. The van der Waals surface area contributed by atoms with Gasteiger partial charge in [-0.3, -0.25) is 5.10 Å². The largest absolute Gasteiger partial charge is 0.389 e. The van der Waals surface area contributed by atoms with Crippen LogP contribution in [0.4, 0.5) is 13.2 Å². The van der Waals surface area contributed by atoms with Crippen LogP contribution in [0, 0.1) is 0 Å². The van der Waals surface area contributed by atoms with Crippen LogP contribution in [-0.4, -0.2) is 21.4 Å². The van der Waals surface area contributed by atoms with Gasteiger partial charge in [-0.1, -0.05) is 0 Å². The summed E-state index contributed by atoms with van der Waals surface area (Å²) >= 11 is 0. The second-order valence-corrected chi connectivity index (χ2v) is 2.05. The molecule has 0 radical (unpaired) electrons. The van der Waals surface area contributed by atoms with Crippen LogP contribution in [0.5, 0.6) is 0 Å². The van der Waals surface area contributed by atoms with Gasteiger partial charge in [-0.05, 0) is 0 Å². The number of alkyl halides is 3. The lowest BCUT2D eigenvalue weighted by Crippen LogP contribution is -2.09. The number of aryl methyl sites for hydroxylation is 1. The fourth-order valence-electron chi connectivity index (χ4n) is 0.611. The Bertz CT molecular complexity index is 203. The topological polar surface area (TPSA) is 41.6 Å². The number of aromatic nitrogens is 3.